The molecule has 0 amide bonds. The summed E-state index contributed by atoms with van der Waals surface area (Å²) in [7, 11) is 0. The summed E-state index contributed by atoms with van der Waals surface area (Å²) in [4.78, 5) is 0. The lowest BCUT2D eigenvalue weighted by molar-refractivity contribution is 0.0322. The van der Waals surface area contributed by atoms with Crippen LogP contribution < -0.4 is 10.9 Å². The van der Waals surface area contributed by atoms with Gasteiger partial charge < -0.3 is 4.74 Å². The highest BCUT2D eigenvalue weighted by Gasteiger charge is 2.19. The zero-order valence-corrected chi connectivity index (χ0v) is 5.13. The molecule has 2 unspecified atom stereocenters. The fourth-order valence-corrected chi connectivity index (χ4v) is 0.926. The Hall–Kier alpha value is -0.200. The lowest BCUT2D eigenvalue weighted by atomic mass is 10.8. The summed E-state index contributed by atoms with van der Waals surface area (Å²) in [6.07, 6.45) is 0. The lowest BCUT2D eigenvalue weighted by Crippen LogP contribution is -2.57. The van der Waals surface area contributed by atoms with Crippen molar-refractivity contribution in [3.05, 3.63) is 0 Å². The average molecular weight is 130 g/mol. The van der Waals surface area contributed by atoms with Crippen LogP contribution in [-0.2, 0) is 4.74 Å². The van der Waals surface area contributed by atoms with E-state index in [1.165, 1.54) is 0 Å². The molecule has 3 fully saturated rings. The van der Waals surface area contributed by atoms with Gasteiger partial charge in [0.1, 0.15) is 13.5 Å². The van der Waals surface area contributed by atoms with Gasteiger partial charge in [-0.25, -0.2) is 20.9 Å². The fourth-order valence-electron chi connectivity index (χ4n) is 0.926. The van der Waals surface area contributed by atoms with E-state index in [0.29, 0.717) is 13.5 Å². The Morgan fingerprint density at radius 3 is 2.00 bits per heavy atom. The van der Waals surface area contributed by atoms with Crippen molar-refractivity contribution in [2.45, 2.75) is 0 Å². The van der Waals surface area contributed by atoms with E-state index in [2.05, 4.69) is 10.9 Å². The maximum Gasteiger partial charge on any atom is 0.115 e. The smallest absolute Gasteiger partial charge is 0.115 e. The molecule has 0 aromatic heterocycles. The van der Waals surface area contributed by atoms with Gasteiger partial charge in [0, 0.05) is 0 Å². The number of rotatable bonds is 0. The van der Waals surface area contributed by atoms with Crippen molar-refractivity contribution < 1.29 is 4.74 Å². The average Bonchev–Trinajstić information content (AvgIpc) is 2.21. The normalized spacial score (nSPS) is 42.7. The third-order valence-corrected chi connectivity index (χ3v) is 1.46. The van der Waals surface area contributed by atoms with Gasteiger partial charge in [-0.15, -0.1) is 0 Å². The maximum atomic E-state index is 5.21. The van der Waals surface area contributed by atoms with Crippen molar-refractivity contribution in [1.29, 1.82) is 0 Å². The molecule has 3 aliphatic rings. The Morgan fingerprint density at radius 2 is 1.56 bits per heavy atom. The van der Waals surface area contributed by atoms with Gasteiger partial charge in [0.25, 0.3) is 0 Å². The number of hydrogen-bond donors (Lipinski definition) is 2. The Balaban J connectivity index is 2.03. The Labute approximate surface area is 53.5 Å². The predicted molar refractivity (Wildman–Crippen MR) is 30.5 cm³/mol. The molecule has 0 saturated carbocycles. The molecule has 5 nitrogen and oxygen atoms in total. The van der Waals surface area contributed by atoms with Gasteiger partial charge in [-0.05, 0) is 0 Å². The quantitative estimate of drug-likeness (QED) is 0.416. The monoisotopic (exact) mass is 130 g/mol. The van der Waals surface area contributed by atoms with Crippen LogP contribution in [0.2, 0.25) is 0 Å². The van der Waals surface area contributed by atoms with Crippen LogP contribution in [0.5, 0.6) is 0 Å². The van der Waals surface area contributed by atoms with Crippen molar-refractivity contribution in [2.24, 2.45) is 0 Å². The number of hydrazine groups is 2. The second-order valence-corrected chi connectivity index (χ2v) is 2.17. The van der Waals surface area contributed by atoms with Gasteiger partial charge in [0.15, 0.2) is 0 Å². The summed E-state index contributed by atoms with van der Waals surface area (Å²) < 4.78 is 5.21. The Morgan fingerprint density at radius 1 is 1.00 bits per heavy atom. The van der Waals surface area contributed by atoms with Crippen LogP contribution in [0.15, 0.2) is 0 Å². The SMILES string of the molecule is C1NN2CNN1COC2. The highest BCUT2D eigenvalue weighted by molar-refractivity contribution is 4.55. The molecular formula is C4H10N4O. The van der Waals surface area contributed by atoms with Gasteiger partial charge in [-0.1, -0.05) is 0 Å². The summed E-state index contributed by atoms with van der Waals surface area (Å²) in [5.41, 5.74) is 6.31. The molecule has 2 bridgehead atoms. The third kappa shape index (κ3) is 1.05. The van der Waals surface area contributed by atoms with E-state index in [-0.39, 0.29) is 0 Å². The van der Waals surface area contributed by atoms with Crippen LogP contribution in [0, 0.1) is 0 Å². The number of nitrogens with zero attached hydrogens (tertiary/aromatic N) is 2. The Bertz CT molecular complexity index is 83.2. The molecule has 3 aliphatic heterocycles. The number of hydrogen-bond acceptors (Lipinski definition) is 5. The highest BCUT2D eigenvalue weighted by Crippen LogP contribution is 1.97. The van der Waals surface area contributed by atoms with E-state index >= 15 is 0 Å². The van der Waals surface area contributed by atoms with E-state index < -0.39 is 0 Å². The summed E-state index contributed by atoms with van der Waals surface area (Å²) in [6, 6.07) is 0. The van der Waals surface area contributed by atoms with E-state index in [4.69, 9.17) is 4.74 Å². The van der Waals surface area contributed by atoms with Gasteiger partial charge in [0.2, 0.25) is 0 Å². The third-order valence-electron chi connectivity index (χ3n) is 1.46. The molecule has 3 heterocycles. The summed E-state index contributed by atoms with van der Waals surface area (Å²) >= 11 is 0. The van der Waals surface area contributed by atoms with Crippen LogP contribution in [0.3, 0.4) is 0 Å². The molecule has 0 aliphatic carbocycles. The first-order chi connectivity index (χ1) is 4.45. The van der Waals surface area contributed by atoms with Gasteiger partial charge in [-0.2, -0.15) is 0 Å². The molecule has 5 heteroatoms. The minimum Gasteiger partial charge on any atom is -0.348 e. The predicted octanol–water partition coefficient (Wildman–Crippen LogP) is -1.53. The van der Waals surface area contributed by atoms with Crippen LogP contribution in [0.4, 0.5) is 0 Å². The van der Waals surface area contributed by atoms with Crippen molar-refractivity contribution >= 4 is 0 Å². The molecule has 0 spiro atoms. The van der Waals surface area contributed by atoms with Crippen LogP contribution in [-0.4, -0.2) is 36.8 Å². The molecule has 0 aromatic rings. The first kappa shape index (κ1) is 5.57. The highest BCUT2D eigenvalue weighted by atomic mass is 16.5. The minimum absolute atomic E-state index is 0.670. The van der Waals surface area contributed by atoms with Crippen LogP contribution in [0.1, 0.15) is 0 Å². The van der Waals surface area contributed by atoms with E-state index in [1.54, 1.807) is 0 Å². The van der Waals surface area contributed by atoms with Crippen molar-refractivity contribution in [3.63, 3.8) is 0 Å². The summed E-state index contributed by atoms with van der Waals surface area (Å²) in [6.45, 7) is 3.01. The second-order valence-electron chi connectivity index (χ2n) is 2.17. The minimum atomic E-state index is 0.670. The number of nitrogens with one attached hydrogen (secondary N) is 2. The Kier molecular flexibility index (Phi) is 1.36. The van der Waals surface area contributed by atoms with Gasteiger partial charge in [-0.3, -0.25) is 0 Å². The topological polar surface area (TPSA) is 39.8 Å². The summed E-state index contributed by atoms with van der Waals surface area (Å²) in [5, 5.41) is 3.98. The van der Waals surface area contributed by atoms with Crippen molar-refractivity contribution in [1.82, 2.24) is 20.9 Å². The number of ether oxygens (including phenoxy) is 1. The molecule has 9 heavy (non-hydrogen) atoms. The van der Waals surface area contributed by atoms with E-state index in [1.807, 2.05) is 10.0 Å². The standard InChI is InChI=1S/C4H10N4O/c1-5-8-2-6-7(1)3-9-4-8/h5-6H,1-4H2. The molecule has 3 saturated heterocycles. The van der Waals surface area contributed by atoms with Crippen molar-refractivity contribution in [3.8, 4) is 0 Å². The zero-order valence-electron chi connectivity index (χ0n) is 5.13. The molecule has 2 atom stereocenters. The largest absolute Gasteiger partial charge is 0.348 e. The van der Waals surface area contributed by atoms with Crippen LogP contribution >= 0.6 is 0 Å². The van der Waals surface area contributed by atoms with Crippen LogP contribution in [0.25, 0.3) is 0 Å². The fraction of sp³-hybridized carbons (Fsp3) is 1.00. The van der Waals surface area contributed by atoms with Gasteiger partial charge in [0.05, 0.1) is 13.3 Å². The molecular weight excluding hydrogens is 120 g/mol. The number of fused-ring (bicyclic) bond motifs is 4. The zero-order chi connectivity index (χ0) is 6.10. The van der Waals surface area contributed by atoms with E-state index in [9.17, 15) is 0 Å². The lowest BCUT2D eigenvalue weighted by Gasteiger charge is -2.29. The van der Waals surface area contributed by atoms with E-state index in [0.717, 1.165) is 13.3 Å². The first-order valence-electron chi connectivity index (χ1n) is 3.00. The van der Waals surface area contributed by atoms with Gasteiger partial charge >= 0.3 is 0 Å². The summed E-state index contributed by atoms with van der Waals surface area (Å²) in [5.74, 6) is 0. The first-order valence-corrected chi connectivity index (χ1v) is 3.00. The molecule has 2 N–H and O–H groups in total. The maximum absolute atomic E-state index is 5.21. The second kappa shape index (κ2) is 2.20. The molecule has 3 rings (SSSR count). The molecule has 0 aromatic carbocycles. The molecule has 0 radical (unpaired) electrons. The van der Waals surface area contributed by atoms with Crippen molar-refractivity contribution in [2.75, 3.05) is 26.8 Å². The molecule has 52 valence electrons.